The molecule has 8 heteroatoms. The second-order valence-corrected chi connectivity index (χ2v) is 6.75. The van der Waals surface area contributed by atoms with E-state index in [1.54, 1.807) is 24.3 Å². The number of nitrogens with zero attached hydrogens (tertiary/aromatic N) is 3. The van der Waals surface area contributed by atoms with Gasteiger partial charge in [-0.3, -0.25) is 4.79 Å². The molecular formula is C13H14ClN3O3S. The Morgan fingerprint density at radius 3 is 2.43 bits per heavy atom. The summed E-state index contributed by atoms with van der Waals surface area (Å²) >= 11 is 5.53. The van der Waals surface area contributed by atoms with Gasteiger partial charge < -0.3 is 0 Å². The van der Waals surface area contributed by atoms with Crippen LogP contribution in [0.2, 0.25) is 0 Å². The number of halogens is 1. The summed E-state index contributed by atoms with van der Waals surface area (Å²) in [7, 11) is -1.08. The SMILES string of the molecule is CN(C)S(=O)(=O)n1cc(-c2ccccc2)nc1C(=O)CCl. The number of imidazole rings is 1. The van der Waals surface area contributed by atoms with Crippen LogP contribution in [0.1, 0.15) is 10.6 Å². The molecule has 0 atom stereocenters. The van der Waals surface area contributed by atoms with Gasteiger partial charge in [0.2, 0.25) is 5.78 Å². The highest BCUT2D eigenvalue weighted by Crippen LogP contribution is 2.20. The van der Waals surface area contributed by atoms with Crippen LogP contribution in [0.25, 0.3) is 11.3 Å². The second kappa shape index (κ2) is 5.97. The molecular weight excluding hydrogens is 314 g/mol. The summed E-state index contributed by atoms with van der Waals surface area (Å²) in [5, 5.41) is 0. The third kappa shape index (κ3) is 2.99. The summed E-state index contributed by atoms with van der Waals surface area (Å²) in [5.74, 6) is -1.09. The zero-order chi connectivity index (χ0) is 15.6. The van der Waals surface area contributed by atoms with Gasteiger partial charge in [-0.1, -0.05) is 30.3 Å². The van der Waals surface area contributed by atoms with Gasteiger partial charge in [-0.2, -0.15) is 12.7 Å². The van der Waals surface area contributed by atoms with Crippen LogP contribution in [0, 0.1) is 0 Å². The van der Waals surface area contributed by atoms with Crippen molar-refractivity contribution in [1.82, 2.24) is 13.3 Å². The summed E-state index contributed by atoms with van der Waals surface area (Å²) < 4.78 is 26.4. The zero-order valence-corrected chi connectivity index (χ0v) is 13.1. The highest BCUT2D eigenvalue weighted by Gasteiger charge is 2.25. The maximum absolute atomic E-state index is 12.3. The highest BCUT2D eigenvalue weighted by atomic mass is 35.5. The highest BCUT2D eigenvalue weighted by molar-refractivity contribution is 7.87. The number of carbonyl (C=O) groups is 1. The molecule has 0 aliphatic carbocycles. The van der Waals surface area contributed by atoms with Gasteiger partial charge in [-0.25, -0.2) is 8.96 Å². The lowest BCUT2D eigenvalue weighted by molar-refractivity contribution is 0.101. The van der Waals surface area contributed by atoms with Crippen LogP contribution in [0.15, 0.2) is 36.5 Å². The van der Waals surface area contributed by atoms with Crippen LogP contribution in [0.3, 0.4) is 0 Å². The summed E-state index contributed by atoms with van der Waals surface area (Å²) in [6, 6.07) is 9.01. The Hall–Kier alpha value is -1.70. The van der Waals surface area contributed by atoms with Crippen molar-refractivity contribution in [3.05, 3.63) is 42.4 Å². The standard InChI is InChI=1S/C13H14ClN3O3S/c1-16(2)21(19,20)17-9-11(10-6-4-3-5-7-10)15-13(17)12(18)8-14/h3-7,9H,8H2,1-2H3. The Labute approximate surface area is 128 Å². The molecule has 0 saturated heterocycles. The average molecular weight is 328 g/mol. The smallest absolute Gasteiger partial charge is 0.289 e. The van der Waals surface area contributed by atoms with Crippen molar-refractivity contribution < 1.29 is 13.2 Å². The van der Waals surface area contributed by atoms with E-state index in [4.69, 9.17) is 11.6 Å². The lowest BCUT2D eigenvalue weighted by atomic mass is 10.2. The lowest BCUT2D eigenvalue weighted by Crippen LogP contribution is -2.31. The normalized spacial score (nSPS) is 11.8. The Morgan fingerprint density at radius 2 is 1.90 bits per heavy atom. The number of alkyl halides is 1. The number of hydrogen-bond donors (Lipinski definition) is 0. The molecule has 0 aliphatic heterocycles. The van der Waals surface area contributed by atoms with E-state index in [0.29, 0.717) is 11.3 Å². The van der Waals surface area contributed by atoms with Crippen LogP contribution < -0.4 is 0 Å². The summed E-state index contributed by atoms with van der Waals surface area (Å²) in [5.41, 5.74) is 1.11. The average Bonchev–Trinajstić information content (AvgIpc) is 2.93. The van der Waals surface area contributed by atoms with Crippen molar-refractivity contribution in [1.29, 1.82) is 0 Å². The van der Waals surface area contributed by atoms with E-state index in [0.717, 1.165) is 8.28 Å². The van der Waals surface area contributed by atoms with Gasteiger partial charge in [0.15, 0.2) is 5.82 Å². The first-order chi connectivity index (χ1) is 9.87. The number of hydrogen-bond acceptors (Lipinski definition) is 4. The Morgan fingerprint density at radius 1 is 1.29 bits per heavy atom. The molecule has 1 aromatic heterocycles. The molecule has 0 spiro atoms. The van der Waals surface area contributed by atoms with Crippen LogP contribution in [0.4, 0.5) is 0 Å². The molecule has 0 radical (unpaired) electrons. The molecule has 2 rings (SSSR count). The first-order valence-corrected chi connectivity index (χ1v) is 7.98. The van der Waals surface area contributed by atoms with Crippen LogP contribution >= 0.6 is 11.6 Å². The summed E-state index contributed by atoms with van der Waals surface area (Å²) in [4.78, 5) is 16.0. The number of Topliss-reactive ketones (excluding diaryl/α,β-unsaturated/α-hetero) is 1. The van der Waals surface area contributed by atoms with Gasteiger partial charge >= 0.3 is 10.2 Å². The van der Waals surface area contributed by atoms with E-state index < -0.39 is 16.0 Å². The third-order valence-corrected chi connectivity index (χ3v) is 4.77. The van der Waals surface area contributed by atoms with E-state index in [1.165, 1.54) is 20.3 Å². The quantitative estimate of drug-likeness (QED) is 0.618. The van der Waals surface area contributed by atoms with Crippen molar-refractivity contribution in [2.45, 2.75) is 0 Å². The van der Waals surface area contributed by atoms with Gasteiger partial charge in [-0.15, -0.1) is 11.6 Å². The first kappa shape index (κ1) is 15.7. The van der Waals surface area contributed by atoms with Crippen LogP contribution in [-0.4, -0.2) is 47.4 Å². The maximum Gasteiger partial charge on any atom is 0.308 e. The fourth-order valence-corrected chi connectivity index (χ4v) is 2.77. The van der Waals surface area contributed by atoms with Crippen LogP contribution in [0.5, 0.6) is 0 Å². The first-order valence-electron chi connectivity index (χ1n) is 6.05. The van der Waals surface area contributed by atoms with Crippen molar-refractivity contribution in [2.24, 2.45) is 0 Å². The van der Waals surface area contributed by atoms with Crippen molar-refractivity contribution >= 4 is 27.6 Å². The Balaban J connectivity index is 2.65. The Bertz CT molecular complexity index is 754. The van der Waals surface area contributed by atoms with Crippen molar-refractivity contribution in [2.75, 3.05) is 20.0 Å². The van der Waals surface area contributed by atoms with Crippen LogP contribution in [-0.2, 0) is 10.2 Å². The lowest BCUT2D eigenvalue weighted by Gasteiger charge is -2.13. The summed E-state index contributed by atoms with van der Waals surface area (Å²) in [6.07, 6.45) is 1.32. The van der Waals surface area contributed by atoms with E-state index in [2.05, 4.69) is 4.98 Å². The molecule has 0 saturated carbocycles. The van der Waals surface area contributed by atoms with Gasteiger partial charge in [0.05, 0.1) is 17.8 Å². The molecule has 1 heterocycles. The minimum Gasteiger partial charge on any atom is -0.289 e. The molecule has 2 aromatic rings. The molecule has 0 amide bonds. The molecule has 1 aromatic carbocycles. The van der Waals surface area contributed by atoms with Crippen molar-refractivity contribution in [3.8, 4) is 11.3 Å². The fourth-order valence-electron chi connectivity index (χ4n) is 1.71. The maximum atomic E-state index is 12.3. The summed E-state index contributed by atoms with van der Waals surface area (Å²) in [6.45, 7) is 0. The third-order valence-electron chi connectivity index (χ3n) is 2.82. The van der Waals surface area contributed by atoms with Crippen molar-refractivity contribution in [3.63, 3.8) is 0 Å². The van der Waals surface area contributed by atoms with E-state index >= 15 is 0 Å². The largest absolute Gasteiger partial charge is 0.308 e. The number of rotatable bonds is 5. The van der Waals surface area contributed by atoms with E-state index in [-0.39, 0.29) is 11.7 Å². The molecule has 0 fully saturated rings. The van der Waals surface area contributed by atoms with E-state index in [1.807, 2.05) is 6.07 Å². The van der Waals surface area contributed by atoms with Gasteiger partial charge in [0.1, 0.15) is 0 Å². The molecule has 0 N–H and O–H groups in total. The fraction of sp³-hybridized carbons (Fsp3) is 0.231. The topological polar surface area (TPSA) is 72.3 Å². The van der Waals surface area contributed by atoms with E-state index in [9.17, 15) is 13.2 Å². The van der Waals surface area contributed by atoms with Gasteiger partial charge in [0.25, 0.3) is 0 Å². The zero-order valence-electron chi connectivity index (χ0n) is 11.5. The molecule has 6 nitrogen and oxygen atoms in total. The number of benzene rings is 1. The minimum atomic E-state index is -3.84. The molecule has 112 valence electrons. The molecule has 0 aliphatic rings. The van der Waals surface area contributed by atoms with Gasteiger partial charge in [-0.05, 0) is 0 Å². The number of carbonyl (C=O) groups excluding carboxylic acids is 1. The minimum absolute atomic E-state index is 0.197. The predicted molar refractivity (Wildman–Crippen MR) is 80.7 cm³/mol. The number of aromatic nitrogens is 2. The Kier molecular flexibility index (Phi) is 4.46. The second-order valence-electron chi connectivity index (χ2n) is 4.46. The van der Waals surface area contributed by atoms with Gasteiger partial charge in [0, 0.05) is 19.7 Å². The number of ketones is 1. The molecule has 0 unspecified atom stereocenters. The predicted octanol–water partition coefficient (Wildman–Crippen LogP) is 1.63. The molecule has 21 heavy (non-hydrogen) atoms. The monoisotopic (exact) mass is 327 g/mol. The molecule has 0 bridgehead atoms.